The van der Waals surface area contributed by atoms with Crippen molar-refractivity contribution in [3.8, 4) is 0 Å². The molecule has 2 saturated heterocycles. The van der Waals surface area contributed by atoms with Crippen LogP contribution >= 0.6 is 0 Å². The normalized spacial score (nSPS) is 23.1. The molecule has 2 aliphatic heterocycles. The van der Waals surface area contributed by atoms with Crippen LogP contribution in [0.2, 0.25) is 0 Å². The van der Waals surface area contributed by atoms with E-state index in [0.717, 1.165) is 26.1 Å². The Balaban J connectivity index is 1.33. The molecule has 0 spiro atoms. The Hall–Kier alpha value is -3.19. The number of nitrogens with one attached hydrogen (secondary N) is 2. The van der Waals surface area contributed by atoms with Crippen molar-refractivity contribution < 1.29 is 14.0 Å². The number of nitrogens with zero attached hydrogens (tertiary/aromatic N) is 2. The number of pyridine rings is 1. The molecular weight excluding hydrogens is 368 g/mol. The molecule has 2 amide bonds. The topological polar surface area (TPSA) is 87.5 Å². The van der Waals surface area contributed by atoms with E-state index in [0.29, 0.717) is 33.8 Å². The van der Waals surface area contributed by atoms with Gasteiger partial charge < -0.3 is 20.0 Å². The fourth-order valence-corrected chi connectivity index (χ4v) is 4.36. The number of rotatable bonds is 4. The molecule has 0 saturated carbocycles. The molecule has 7 nitrogen and oxygen atoms in total. The lowest BCUT2D eigenvalue weighted by molar-refractivity contribution is 0.0904. The molecule has 4 heterocycles. The fraction of sp³-hybridized carbons (Fsp3) is 0.318. The van der Waals surface area contributed by atoms with Crippen molar-refractivity contribution in [1.29, 1.82) is 0 Å². The van der Waals surface area contributed by atoms with Gasteiger partial charge in [-0.05, 0) is 43.5 Å². The van der Waals surface area contributed by atoms with Gasteiger partial charge in [-0.2, -0.15) is 0 Å². The summed E-state index contributed by atoms with van der Waals surface area (Å²) in [7, 11) is 0. The molecule has 2 fully saturated rings. The van der Waals surface area contributed by atoms with Gasteiger partial charge in [0.25, 0.3) is 11.8 Å². The van der Waals surface area contributed by atoms with Crippen LogP contribution in [-0.4, -0.2) is 47.4 Å². The summed E-state index contributed by atoms with van der Waals surface area (Å²) in [5.74, 6) is 0.252. The maximum atomic E-state index is 12.8. The highest BCUT2D eigenvalue weighted by molar-refractivity contribution is 6.09. The lowest BCUT2D eigenvalue weighted by Gasteiger charge is -2.30. The van der Waals surface area contributed by atoms with Crippen LogP contribution in [0.5, 0.6) is 0 Å². The van der Waals surface area contributed by atoms with E-state index in [4.69, 9.17) is 4.42 Å². The Bertz CT molecular complexity index is 1050. The molecule has 2 aromatic heterocycles. The third-order valence-electron chi connectivity index (χ3n) is 5.78. The second-order valence-corrected chi connectivity index (χ2v) is 7.86. The van der Waals surface area contributed by atoms with Gasteiger partial charge in [-0.1, -0.05) is 18.2 Å². The number of fused-ring (bicyclic) bond motifs is 3. The second-order valence-electron chi connectivity index (χ2n) is 7.86. The van der Waals surface area contributed by atoms with E-state index in [-0.39, 0.29) is 17.9 Å². The standard InChI is InChI=1S/C22H22N4O3/c27-21(15-4-2-1-3-5-15)25-19-13-29-20-10-23-18(9-17(19)20)22(28)24-16-8-14-6-7-26(11-14)12-16/h1-5,9-10,13-14,16H,6-8,11-12H2,(H,24,28)(H,25,27)/t14-,16+/m0/s1. The van der Waals surface area contributed by atoms with E-state index in [1.54, 1.807) is 18.2 Å². The third kappa shape index (κ3) is 3.61. The summed E-state index contributed by atoms with van der Waals surface area (Å²) in [4.78, 5) is 31.9. The van der Waals surface area contributed by atoms with Gasteiger partial charge in [-0.3, -0.25) is 9.59 Å². The summed E-state index contributed by atoms with van der Waals surface area (Å²) in [6.45, 7) is 3.17. The molecule has 1 unspecified atom stereocenters. The molecule has 148 valence electrons. The first-order chi connectivity index (χ1) is 14.2. The molecular formula is C22H22N4O3. The van der Waals surface area contributed by atoms with Gasteiger partial charge >= 0.3 is 0 Å². The van der Waals surface area contributed by atoms with E-state index in [1.807, 2.05) is 18.2 Å². The quantitative estimate of drug-likeness (QED) is 0.715. The zero-order valence-corrected chi connectivity index (χ0v) is 15.9. The average molecular weight is 390 g/mol. The molecule has 3 aromatic rings. The zero-order valence-electron chi connectivity index (χ0n) is 15.9. The van der Waals surface area contributed by atoms with Crippen LogP contribution in [0.4, 0.5) is 5.69 Å². The Labute approximate surface area is 168 Å². The minimum Gasteiger partial charge on any atom is -0.460 e. The van der Waals surface area contributed by atoms with Crippen LogP contribution in [0.1, 0.15) is 33.7 Å². The first kappa shape index (κ1) is 17.9. The average Bonchev–Trinajstić information content (AvgIpc) is 3.30. The Kier molecular flexibility index (Phi) is 4.52. The summed E-state index contributed by atoms with van der Waals surface area (Å²) < 4.78 is 5.49. The maximum absolute atomic E-state index is 12.8. The van der Waals surface area contributed by atoms with Crippen molar-refractivity contribution in [3.05, 3.63) is 60.1 Å². The molecule has 2 N–H and O–H groups in total. The third-order valence-corrected chi connectivity index (χ3v) is 5.78. The first-order valence-electron chi connectivity index (χ1n) is 9.92. The number of amides is 2. The summed E-state index contributed by atoms with van der Waals surface area (Å²) in [6.07, 6.45) is 5.24. The van der Waals surface area contributed by atoms with Crippen molar-refractivity contribution in [2.24, 2.45) is 5.92 Å². The summed E-state index contributed by atoms with van der Waals surface area (Å²) in [5, 5.41) is 6.62. The van der Waals surface area contributed by atoms with Gasteiger partial charge in [0.2, 0.25) is 0 Å². The molecule has 0 aliphatic carbocycles. The molecule has 3 atom stereocenters. The van der Waals surface area contributed by atoms with Gasteiger partial charge in [0.05, 0.1) is 11.9 Å². The Morgan fingerprint density at radius 2 is 2.00 bits per heavy atom. The van der Waals surface area contributed by atoms with Crippen molar-refractivity contribution >= 4 is 28.5 Å². The molecule has 2 aliphatic rings. The van der Waals surface area contributed by atoms with Crippen LogP contribution in [0.15, 0.2) is 53.3 Å². The second kappa shape index (κ2) is 7.33. The number of anilines is 1. The predicted molar refractivity (Wildman–Crippen MR) is 109 cm³/mol. The van der Waals surface area contributed by atoms with Gasteiger partial charge in [-0.15, -0.1) is 0 Å². The molecule has 1 aromatic carbocycles. The van der Waals surface area contributed by atoms with Crippen molar-refractivity contribution in [2.75, 3.05) is 25.0 Å². The smallest absolute Gasteiger partial charge is 0.270 e. The van der Waals surface area contributed by atoms with E-state index in [9.17, 15) is 9.59 Å². The highest BCUT2D eigenvalue weighted by atomic mass is 16.3. The highest BCUT2D eigenvalue weighted by Crippen LogP contribution is 2.28. The highest BCUT2D eigenvalue weighted by Gasteiger charge is 2.33. The van der Waals surface area contributed by atoms with Gasteiger partial charge in [0, 0.05) is 30.1 Å². The van der Waals surface area contributed by atoms with E-state index >= 15 is 0 Å². The summed E-state index contributed by atoms with van der Waals surface area (Å²) >= 11 is 0. The number of carbonyl (C=O) groups is 2. The number of hydrogen-bond donors (Lipinski definition) is 2. The largest absolute Gasteiger partial charge is 0.460 e. The number of benzene rings is 1. The minimum atomic E-state index is -0.233. The van der Waals surface area contributed by atoms with Crippen LogP contribution in [0, 0.1) is 5.92 Å². The molecule has 0 radical (unpaired) electrons. The van der Waals surface area contributed by atoms with Crippen LogP contribution < -0.4 is 10.6 Å². The van der Waals surface area contributed by atoms with Crippen LogP contribution in [0.25, 0.3) is 11.0 Å². The molecule has 29 heavy (non-hydrogen) atoms. The van der Waals surface area contributed by atoms with E-state index in [2.05, 4.69) is 20.5 Å². The monoisotopic (exact) mass is 390 g/mol. The van der Waals surface area contributed by atoms with Crippen molar-refractivity contribution in [2.45, 2.75) is 18.9 Å². The SMILES string of the molecule is O=C(Nc1coc2cnc(C(=O)N[C@@H]3C[C@@H]4CCN(C4)C3)cc12)c1ccccc1. The maximum Gasteiger partial charge on any atom is 0.270 e. The first-order valence-corrected chi connectivity index (χ1v) is 9.92. The van der Waals surface area contributed by atoms with Crippen LogP contribution in [-0.2, 0) is 0 Å². The number of hydrogen-bond acceptors (Lipinski definition) is 5. The zero-order chi connectivity index (χ0) is 19.8. The Morgan fingerprint density at radius 3 is 2.83 bits per heavy atom. The summed E-state index contributed by atoms with van der Waals surface area (Å²) in [6, 6.07) is 10.8. The predicted octanol–water partition coefficient (Wildman–Crippen LogP) is 2.90. The van der Waals surface area contributed by atoms with Gasteiger partial charge in [0.1, 0.15) is 12.0 Å². The number of furan rings is 1. The molecule has 5 rings (SSSR count). The van der Waals surface area contributed by atoms with E-state index < -0.39 is 0 Å². The Morgan fingerprint density at radius 1 is 1.14 bits per heavy atom. The number of carbonyl (C=O) groups excluding carboxylic acids is 2. The fourth-order valence-electron chi connectivity index (χ4n) is 4.36. The minimum absolute atomic E-state index is 0.155. The van der Waals surface area contributed by atoms with E-state index in [1.165, 1.54) is 18.9 Å². The molecule has 7 heteroatoms. The lowest BCUT2D eigenvalue weighted by Crippen LogP contribution is -2.47. The number of aromatic nitrogens is 1. The van der Waals surface area contributed by atoms with Gasteiger partial charge in [-0.25, -0.2) is 4.98 Å². The van der Waals surface area contributed by atoms with Crippen molar-refractivity contribution in [1.82, 2.24) is 15.2 Å². The van der Waals surface area contributed by atoms with Gasteiger partial charge in [0.15, 0.2) is 5.58 Å². The lowest BCUT2D eigenvalue weighted by atomic mass is 9.97. The molecule has 2 bridgehead atoms. The van der Waals surface area contributed by atoms with Crippen molar-refractivity contribution in [3.63, 3.8) is 0 Å². The number of piperidine rings is 1. The summed E-state index contributed by atoms with van der Waals surface area (Å²) in [5.41, 5.74) is 1.91. The van der Waals surface area contributed by atoms with Crippen LogP contribution in [0.3, 0.4) is 0 Å².